The molecule has 2 aromatic rings. The van der Waals surface area contributed by atoms with E-state index < -0.39 is 0 Å². The number of nitrogens with zero attached hydrogens (tertiary/aromatic N) is 2. The molecule has 1 aromatic carbocycles. The Bertz CT molecular complexity index is 658. The predicted octanol–water partition coefficient (Wildman–Crippen LogP) is 3.16. The lowest BCUT2D eigenvalue weighted by atomic mass is 10.2. The van der Waals surface area contributed by atoms with Gasteiger partial charge in [-0.2, -0.15) is 5.10 Å². The van der Waals surface area contributed by atoms with E-state index in [1.807, 2.05) is 13.2 Å². The first-order valence-electron chi connectivity index (χ1n) is 6.64. The van der Waals surface area contributed by atoms with Gasteiger partial charge in [0.2, 0.25) is 0 Å². The fourth-order valence-electron chi connectivity index (χ4n) is 1.80. The largest absolute Gasteiger partial charge is 0.492 e. The molecular formula is C16H16ClFN2O. The van der Waals surface area contributed by atoms with Gasteiger partial charge in [-0.25, -0.2) is 4.39 Å². The predicted molar refractivity (Wildman–Crippen MR) is 81.0 cm³/mol. The molecule has 0 aliphatic heterocycles. The van der Waals surface area contributed by atoms with Gasteiger partial charge in [-0.1, -0.05) is 11.8 Å². The van der Waals surface area contributed by atoms with Crippen molar-refractivity contribution in [1.82, 2.24) is 9.78 Å². The Labute approximate surface area is 128 Å². The van der Waals surface area contributed by atoms with Gasteiger partial charge in [-0.3, -0.25) is 4.68 Å². The van der Waals surface area contributed by atoms with E-state index in [1.54, 1.807) is 16.9 Å². The average molecular weight is 307 g/mol. The number of rotatable bonds is 5. The molecule has 3 nitrogen and oxygen atoms in total. The van der Waals surface area contributed by atoms with Crippen molar-refractivity contribution in [1.29, 1.82) is 0 Å². The number of benzene rings is 1. The van der Waals surface area contributed by atoms with E-state index in [2.05, 4.69) is 16.9 Å². The fourth-order valence-corrected chi connectivity index (χ4v) is 1.90. The molecule has 0 aliphatic rings. The van der Waals surface area contributed by atoms with Crippen molar-refractivity contribution in [2.45, 2.75) is 12.8 Å². The molecular weight excluding hydrogens is 291 g/mol. The first-order chi connectivity index (χ1) is 10.2. The molecule has 21 heavy (non-hydrogen) atoms. The third-order valence-corrected chi connectivity index (χ3v) is 2.98. The quantitative estimate of drug-likeness (QED) is 0.627. The number of ether oxygens (including phenoxy) is 1. The maximum atomic E-state index is 13.3. The van der Waals surface area contributed by atoms with E-state index in [9.17, 15) is 4.39 Å². The van der Waals surface area contributed by atoms with E-state index in [4.69, 9.17) is 16.3 Å². The maximum Gasteiger partial charge on any atom is 0.137 e. The first kappa shape index (κ1) is 15.4. The molecule has 0 spiro atoms. The molecule has 5 heteroatoms. The molecule has 0 radical (unpaired) electrons. The van der Waals surface area contributed by atoms with E-state index in [0.29, 0.717) is 36.6 Å². The summed E-state index contributed by atoms with van der Waals surface area (Å²) < 4.78 is 20.7. The summed E-state index contributed by atoms with van der Waals surface area (Å²) in [4.78, 5) is 0. The second kappa shape index (κ2) is 7.70. The summed E-state index contributed by atoms with van der Waals surface area (Å²) in [6.07, 6.45) is 5.01. The molecule has 0 N–H and O–H groups in total. The fraction of sp³-hybridized carbons (Fsp3) is 0.312. The average Bonchev–Trinajstić information content (AvgIpc) is 2.87. The van der Waals surface area contributed by atoms with Gasteiger partial charge < -0.3 is 4.74 Å². The lowest BCUT2D eigenvalue weighted by Crippen LogP contribution is -2.02. The molecule has 0 amide bonds. The normalized spacial score (nSPS) is 10.0. The second-order valence-corrected chi connectivity index (χ2v) is 4.88. The van der Waals surface area contributed by atoms with Crippen LogP contribution in [0.15, 0.2) is 30.6 Å². The van der Waals surface area contributed by atoms with Crippen molar-refractivity contribution in [2.75, 3.05) is 12.5 Å². The topological polar surface area (TPSA) is 27.1 Å². The third-order valence-electron chi connectivity index (χ3n) is 2.79. The van der Waals surface area contributed by atoms with Crippen molar-refractivity contribution in [3.8, 4) is 17.6 Å². The molecule has 1 aromatic heterocycles. The molecule has 0 saturated carbocycles. The van der Waals surface area contributed by atoms with Gasteiger partial charge in [0.15, 0.2) is 0 Å². The number of aromatic nitrogens is 2. The van der Waals surface area contributed by atoms with E-state index in [0.717, 1.165) is 5.56 Å². The molecule has 1 heterocycles. The Hall–Kier alpha value is -1.99. The number of halogens is 2. The van der Waals surface area contributed by atoms with E-state index in [-0.39, 0.29) is 5.82 Å². The molecule has 0 atom stereocenters. The van der Waals surface area contributed by atoms with Crippen molar-refractivity contribution in [3.63, 3.8) is 0 Å². The molecule has 110 valence electrons. The maximum absolute atomic E-state index is 13.3. The van der Waals surface area contributed by atoms with Crippen molar-refractivity contribution < 1.29 is 9.13 Å². The molecule has 0 saturated heterocycles. The Morgan fingerprint density at radius 1 is 1.43 bits per heavy atom. The van der Waals surface area contributed by atoms with Gasteiger partial charge in [0.25, 0.3) is 0 Å². The van der Waals surface area contributed by atoms with Crippen LogP contribution in [-0.4, -0.2) is 22.3 Å². The zero-order valence-electron chi connectivity index (χ0n) is 11.8. The first-order valence-corrected chi connectivity index (χ1v) is 7.17. The molecule has 0 aliphatic carbocycles. The minimum Gasteiger partial charge on any atom is -0.492 e. The van der Waals surface area contributed by atoms with Crippen LogP contribution < -0.4 is 4.74 Å². The number of hydrogen-bond acceptors (Lipinski definition) is 2. The van der Waals surface area contributed by atoms with Crippen LogP contribution in [0.5, 0.6) is 5.75 Å². The highest BCUT2D eigenvalue weighted by atomic mass is 35.5. The summed E-state index contributed by atoms with van der Waals surface area (Å²) in [6.45, 7) is 0.444. The Balaban J connectivity index is 2.01. The van der Waals surface area contributed by atoms with Crippen molar-refractivity contribution in [3.05, 3.63) is 47.5 Å². The minimum atomic E-state index is -0.339. The Kier molecular flexibility index (Phi) is 5.65. The van der Waals surface area contributed by atoms with Crippen LogP contribution in [-0.2, 0) is 13.5 Å². The van der Waals surface area contributed by atoms with Gasteiger partial charge in [0.05, 0.1) is 18.4 Å². The highest BCUT2D eigenvalue weighted by molar-refractivity contribution is 6.18. The number of aryl methyl sites for hydroxylation is 1. The van der Waals surface area contributed by atoms with Gasteiger partial charge in [-0.15, -0.1) is 11.6 Å². The summed E-state index contributed by atoms with van der Waals surface area (Å²) in [5.41, 5.74) is 1.75. The minimum absolute atomic E-state index is 0.339. The lowest BCUT2D eigenvalue weighted by molar-refractivity contribution is 0.319. The second-order valence-electron chi connectivity index (χ2n) is 4.50. The molecule has 0 bridgehead atoms. The zero-order chi connectivity index (χ0) is 15.1. The van der Waals surface area contributed by atoms with Crippen LogP contribution in [0.2, 0.25) is 0 Å². The van der Waals surface area contributed by atoms with Gasteiger partial charge >= 0.3 is 0 Å². The van der Waals surface area contributed by atoms with E-state index >= 15 is 0 Å². The van der Waals surface area contributed by atoms with Crippen molar-refractivity contribution in [2.24, 2.45) is 7.05 Å². The Morgan fingerprint density at radius 2 is 2.29 bits per heavy atom. The summed E-state index contributed by atoms with van der Waals surface area (Å²) in [5.74, 6) is 6.47. The molecule has 0 fully saturated rings. The third kappa shape index (κ3) is 4.80. The van der Waals surface area contributed by atoms with Crippen LogP contribution in [0.4, 0.5) is 4.39 Å². The van der Waals surface area contributed by atoms with Gasteiger partial charge in [-0.05, 0) is 17.7 Å². The van der Waals surface area contributed by atoms with Gasteiger partial charge in [0.1, 0.15) is 11.6 Å². The highest BCUT2D eigenvalue weighted by Crippen LogP contribution is 2.19. The zero-order valence-corrected chi connectivity index (χ0v) is 12.5. The molecule has 2 rings (SSSR count). The summed E-state index contributed by atoms with van der Waals surface area (Å²) in [7, 11) is 1.86. The number of alkyl halides is 1. The van der Waals surface area contributed by atoms with Crippen LogP contribution in [0.1, 0.15) is 17.5 Å². The van der Waals surface area contributed by atoms with E-state index in [1.165, 1.54) is 12.1 Å². The van der Waals surface area contributed by atoms with Crippen LogP contribution >= 0.6 is 11.6 Å². The standard InChI is InChI=1S/C16H16ClFN2O/c1-20-12-13(11-19-20)7-9-21-16-10-15(18)6-5-14(16)4-2-3-8-17/h5-6,10-12H,3,7-9H2,1H3. The lowest BCUT2D eigenvalue weighted by Gasteiger charge is -2.07. The van der Waals surface area contributed by atoms with Crippen molar-refractivity contribution >= 4 is 11.6 Å². The smallest absolute Gasteiger partial charge is 0.137 e. The SMILES string of the molecule is Cn1cc(CCOc2cc(F)ccc2C#CCCCl)cn1. The van der Waals surface area contributed by atoms with Gasteiger partial charge in [0, 0.05) is 38.0 Å². The van der Waals surface area contributed by atoms with Crippen LogP contribution in [0.3, 0.4) is 0 Å². The monoisotopic (exact) mass is 306 g/mol. The van der Waals surface area contributed by atoms with Crippen LogP contribution in [0.25, 0.3) is 0 Å². The number of hydrogen-bond donors (Lipinski definition) is 0. The van der Waals surface area contributed by atoms with Crippen LogP contribution in [0, 0.1) is 17.7 Å². The highest BCUT2D eigenvalue weighted by Gasteiger charge is 2.04. The summed E-state index contributed by atoms with van der Waals surface area (Å²) in [6, 6.07) is 4.35. The summed E-state index contributed by atoms with van der Waals surface area (Å²) in [5, 5.41) is 4.09. The Morgan fingerprint density at radius 3 is 3.00 bits per heavy atom. The molecule has 0 unspecified atom stereocenters. The summed E-state index contributed by atoms with van der Waals surface area (Å²) >= 11 is 5.58.